The molecule has 2 aromatic rings. The molecule has 0 aliphatic carbocycles. The van der Waals surface area contributed by atoms with Gasteiger partial charge in [-0.05, 0) is 42.7 Å². The van der Waals surface area contributed by atoms with Crippen molar-refractivity contribution in [1.29, 1.82) is 0 Å². The lowest BCUT2D eigenvalue weighted by molar-refractivity contribution is -0.261. The fourth-order valence-corrected chi connectivity index (χ4v) is 4.10. The molecule has 1 unspecified atom stereocenters. The van der Waals surface area contributed by atoms with Gasteiger partial charge in [-0.1, -0.05) is 24.3 Å². The average molecular weight is 416 g/mol. The molecule has 2 aliphatic heterocycles. The summed E-state index contributed by atoms with van der Waals surface area (Å²) in [6.45, 7) is 5.76. The summed E-state index contributed by atoms with van der Waals surface area (Å²) in [6.07, 6.45) is 0.869. The lowest BCUT2D eigenvalue weighted by atomic mass is 10.1. The number of aryl methyl sites for hydroxylation is 1. The minimum Gasteiger partial charge on any atom is -0.347 e. The Kier molecular flexibility index (Phi) is 6.13. The Hall–Kier alpha value is -2.35. The number of morpholine rings is 1. The Bertz CT molecular complexity index is 923. The van der Waals surface area contributed by atoms with E-state index in [0.29, 0.717) is 26.3 Å². The van der Waals surface area contributed by atoms with Crippen molar-refractivity contribution in [2.75, 3.05) is 39.4 Å². The van der Waals surface area contributed by atoms with Gasteiger partial charge in [-0.25, -0.2) is 8.78 Å². The number of hydrogen-bond donors (Lipinski definition) is 0. The normalized spacial score (nSPS) is 22.8. The quantitative estimate of drug-likeness (QED) is 0.770. The molecule has 1 atom stereocenters. The first-order valence-corrected chi connectivity index (χ1v) is 10.2. The third kappa shape index (κ3) is 4.53. The standard InChI is InChI=1S/C23H26F2N2O3/c1-17-5-2-3-6-19(17)14-26-9-4-11-29-23(15-26)16-27(10-12-30-23)22(28)18-7-8-20(24)21(25)13-18/h2-3,5-8,13H,4,9-12,14-16H2,1H3. The fraction of sp³-hybridized carbons (Fsp3) is 0.435. The lowest BCUT2D eigenvalue weighted by Crippen LogP contribution is -2.59. The molecule has 2 aromatic carbocycles. The van der Waals surface area contributed by atoms with E-state index in [1.807, 2.05) is 12.1 Å². The van der Waals surface area contributed by atoms with Crippen molar-refractivity contribution in [3.8, 4) is 0 Å². The lowest BCUT2D eigenvalue weighted by Gasteiger charge is -2.43. The smallest absolute Gasteiger partial charge is 0.254 e. The summed E-state index contributed by atoms with van der Waals surface area (Å²) in [5, 5.41) is 0. The Morgan fingerprint density at radius 3 is 2.63 bits per heavy atom. The highest BCUT2D eigenvalue weighted by Gasteiger charge is 2.42. The van der Waals surface area contributed by atoms with Gasteiger partial charge in [-0.15, -0.1) is 0 Å². The highest BCUT2D eigenvalue weighted by molar-refractivity contribution is 5.94. The van der Waals surface area contributed by atoms with Gasteiger partial charge in [0, 0.05) is 25.2 Å². The molecule has 7 heteroatoms. The first kappa shape index (κ1) is 20.9. The molecule has 0 saturated carbocycles. The van der Waals surface area contributed by atoms with Crippen LogP contribution in [0.15, 0.2) is 42.5 Å². The van der Waals surface area contributed by atoms with E-state index in [2.05, 4.69) is 24.0 Å². The van der Waals surface area contributed by atoms with Gasteiger partial charge < -0.3 is 14.4 Å². The van der Waals surface area contributed by atoms with Crippen LogP contribution >= 0.6 is 0 Å². The molecule has 0 aromatic heterocycles. The highest BCUT2D eigenvalue weighted by atomic mass is 19.2. The molecular formula is C23H26F2N2O3. The summed E-state index contributed by atoms with van der Waals surface area (Å²) in [5.41, 5.74) is 2.60. The molecular weight excluding hydrogens is 390 g/mol. The second-order valence-corrected chi connectivity index (χ2v) is 7.95. The zero-order chi connectivity index (χ0) is 21.1. The molecule has 4 rings (SSSR count). The van der Waals surface area contributed by atoms with E-state index in [0.717, 1.165) is 31.6 Å². The predicted octanol–water partition coefficient (Wildman–Crippen LogP) is 3.36. The van der Waals surface area contributed by atoms with Crippen LogP contribution in [0.5, 0.6) is 0 Å². The van der Waals surface area contributed by atoms with Crippen LogP contribution in [-0.4, -0.2) is 60.9 Å². The maximum absolute atomic E-state index is 13.6. The third-order valence-corrected chi connectivity index (χ3v) is 5.72. The van der Waals surface area contributed by atoms with E-state index in [-0.39, 0.29) is 18.0 Å². The van der Waals surface area contributed by atoms with Crippen molar-refractivity contribution in [2.24, 2.45) is 0 Å². The number of benzene rings is 2. The van der Waals surface area contributed by atoms with Crippen LogP contribution in [0.1, 0.15) is 27.9 Å². The van der Waals surface area contributed by atoms with E-state index >= 15 is 0 Å². The Morgan fingerprint density at radius 1 is 1.03 bits per heavy atom. The molecule has 5 nitrogen and oxygen atoms in total. The molecule has 160 valence electrons. The monoisotopic (exact) mass is 416 g/mol. The van der Waals surface area contributed by atoms with Crippen molar-refractivity contribution >= 4 is 5.91 Å². The second kappa shape index (κ2) is 8.79. The van der Waals surface area contributed by atoms with E-state index < -0.39 is 17.4 Å². The van der Waals surface area contributed by atoms with Gasteiger partial charge in [0.15, 0.2) is 17.4 Å². The van der Waals surface area contributed by atoms with Crippen LogP contribution in [0.4, 0.5) is 8.78 Å². The van der Waals surface area contributed by atoms with Gasteiger partial charge in [-0.3, -0.25) is 9.69 Å². The van der Waals surface area contributed by atoms with Crippen LogP contribution in [0, 0.1) is 18.6 Å². The SMILES string of the molecule is Cc1ccccc1CN1CCCOC2(C1)CN(C(=O)c1ccc(F)c(F)c1)CCO2. The van der Waals surface area contributed by atoms with Crippen LogP contribution in [0.2, 0.25) is 0 Å². The maximum atomic E-state index is 13.6. The van der Waals surface area contributed by atoms with Gasteiger partial charge >= 0.3 is 0 Å². The average Bonchev–Trinajstić information content (AvgIpc) is 2.93. The van der Waals surface area contributed by atoms with Gasteiger partial charge in [-0.2, -0.15) is 0 Å². The third-order valence-electron chi connectivity index (χ3n) is 5.72. The minimum atomic E-state index is -1.03. The Balaban J connectivity index is 1.50. The molecule has 2 aliphatic rings. The number of ether oxygens (including phenoxy) is 2. The highest BCUT2D eigenvalue weighted by Crippen LogP contribution is 2.27. The summed E-state index contributed by atoms with van der Waals surface area (Å²) < 4.78 is 39.0. The largest absolute Gasteiger partial charge is 0.347 e. The molecule has 1 spiro atoms. The molecule has 2 heterocycles. The van der Waals surface area contributed by atoms with E-state index in [9.17, 15) is 13.6 Å². The maximum Gasteiger partial charge on any atom is 0.254 e. The van der Waals surface area contributed by atoms with Gasteiger partial charge in [0.05, 0.1) is 26.3 Å². The Morgan fingerprint density at radius 2 is 1.83 bits per heavy atom. The first-order valence-electron chi connectivity index (χ1n) is 10.2. The predicted molar refractivity (Wildman–Crippen MR) is 108 cm³/mol. The zero-order valence-electron chi connectivity index (χ0n) is 17.1. The molecule has 2 saturated heterocycles. The topological polar surface area (TPSA) is 42.0 Å². The molecule has 2 fully saturated rings. The molecule has 1 amide bonds. The summed E-state index contributed by atoms with van der Waals surface area (Å²) in [5.74, 6) is -3.27. The van der Waals surface area contributed by atoms with E-state index in [1.165, 1.54) is 17.2 Å². The van der Waals surface area contributed by atoms with Crippen LogP contribution in [0.3, 0.4) is 0 Å². The molecule has 0 N–H and O–H groups in total. The van der Waals surface area contributed by atoms with Gasteiger partial charge in [0.1, 0.15) is 0 Å². The summed E-state index contributed by atoms with van der Waals surface area (Å²) in [4.78, 5) is 16.8. The fourth-order valence-electron chi connectivity index (χ4n) is 4.10. The number of amides is 1. The Labute approximate surface area is 175 Å². The molecule has 30 heavy (non-hydrogen) atoms. The number of carbonyl (C=O) groups is 1. The first-order chi connectivity index (χ1) is 14.5. The van der Waals surface area contributed by atoms with Crippen molar-refractivity contribution in [3.05, 3.63) is 70.8 Å². The summed E-state index contributed by atoms with van der Waals surface area (Å²) >= 11 is 0. The van der Waals surface area contributed by atoms with Crippen LogP contribution in [0.25, 0.3) is 0 Å². The number of rotatable bonds is 3. The van der Waals surface area contributed by atoms with E-state index in [1.54, 1.807) is 4.90 Å². The van der Waals surface area contributed by atoms with Crippen molar-refractivity contribution in [2.45, 2.75) is 25.7 Å². The van der Waals surface area contributed by atoms with Crippen molar-refractivity contribution in [3.63, 3.8) is 0 Å². The summed E-state index contributed by atoms with van der Waals surface area (Å²) in [7, 11) is 0. The number of hydrogen-bond acceptors (Lipinski definition) is 4. The number of nitrogens with zero attached hydrogens (tertiary/aromatic N) is 2. The number of halogens is 2. The summed E-state index contributed by atoms with van der Waals surface area (Å²) in [6, 6.07) is 11.5. The van der Waals surface area contributed by atoms with Gasteiger partial charge in [0.25, 0.3) is 5.91 Å². The van der Waals surface area contributed by atoms with Crippen molar-refractivity contribution < 1.29 is 23.0 Å². The zero-order valence-corrected chi connectivity index (χ0v) is 17.1. The minimum absolute atomic E-state index is 0.122. The van der Waals surface area contributed by atoms with Crippen LogP contribution in [-0.2, 0) is 16.0 Å². The van der Waals surface area contributed by atoms with Crippen LogP contribution < -0.4 is 0 Å². The van der Waals surface area contributed by atoms with Crippen molar-refractivity contribution in [1.82, 2.24) is 9.80 Å². The van der Waals surface area contributed by atoms with Gasteiger partial charge in [0.2, 0.25) is 0 Å². The second-order valence-electron chi connectivity index (χ2n) is 7.95. The molecule has 0 radical (unpaired) electrons. The number of carbonyl (C=O) groups excluding carboxylic acids is 1. The van der Waals surface area contributed by atoms with E-state index in [4.69, 9.17) is 9.47 Å². The molecule has 0 bridgehead atoms.